The molecule has 0 radical (unpaired) electrons. The van der Waals surface area contributed by atoms with Crippen LogP contribution in [0.3, 0.4) is 0 Å². The topological polar surface area (TPSA) is 92.8 Å². The lowest BCUT2D eigenvalue weighted by Crippen LogP contribution is -2.30. The maximum absolute atomic E-state index is 13.0. The van der Waals surface area contributed by atoms with Crippen molar-refractivity contribution in [1.29, 1.82) is 0 Å². The van der Waals surface area contributed by atoms with Gasteiger partial charge in [0.1, 0.15) is 0 Å². The number of ether oxygens (including phenoxy) is 1. The van der Waals surface area contributed by atoms with Crippen LogP contribution in [-0.4, -0.2) is 40.5 Å². The number of anilines is 1. The van der Waals surface area contributed by atoms with Crippen molar-refractivity contribution in [1.82, 2.24) is 5.32 Å². The molecule has 0 unspecified atom stereocenters. The van der Waals surface area contributed by atoms with Gasteiger partial charge in [-0.1, -0.05) is 54.1 Å². The Morgan fingerprint density at radius 2 is 1.64 bits per heavy atom. The van der Waals surface area contributed by atoms with Gasteiger partial charge in [0.25, 0.3) is 15.9 Å². The van der Waals surface area contributed by atoms with Gasteiger partial charge in [-0.15, -0.1) is 0 Å². The van der Waals surface area contributed by atoms with Gasteiger partial charge in [0.2, 0.25) is 0 Å². The molecule has 8 heteroatoms. The Hall–Kier alpha value is -3.65. The second kappa shape index (κ2) is 10.8. The molecular weight excluding hydrogens is 440 g/mol. The third-order valence-corrected chi connectivity index (χ3v) is 6.82. The second-order valence-corrected chi connectivity index (χ2v) is 9.47. The number of nitrogens with one attached hydrogen (secondary N) is 1. The highest BCUT2D eigenvalue weighted by Crippen LogP contribution is 2.23. The summed E-state index contributed by atoms with van der Waals surface area (Å²) in [6, 6.07) is 22.3. The lowest BCUT2D eigenvalue weighted by atomic mass is 10.1. The smallest absolute Gasteiger partial charge is 0.338 e. The van der Waals surface area contributed by atoms with E-state index in [4.69, 9.17) is 4.74 Å². The van der Waals surface area contributed by atoms with E-state index in [0.29, 0.717) is 18.7 Å². The molecular formula is C25H26N2O5S. The number of sulfonamides is 1. The molecule has 0 saturated carbocycles. The van der Waals surface area contributed by atoms with E-state index in [-0.39, 0.29) is 10.5 Å². The zero-order valence-corrected chi connectivity index (χ0v) is 19.3. The van der Waals surface area contributed by atoms with Crippen LogP contribution in [0.5, 0.6) is 0 Å². The van der Waals surface area contributed by atoms with Crippen molar-refractivity contribution < 1.29 is 22.7 Å². The molecule has 1 N–H and O–H groups in total. The maximum Gasteiger partial charge on any atom is 0.338 e. The number of hydrogen-bond donors (Lipinski definition) is 1. The summed E-state index contributed by atoms with van der Waals surface area (Å²) in [6.07, 6.45) is 0.662. The average Bonchev–Trinajstić information content (AvgIpc) is 2.83. The summed E-state index contributed by atoms with van der Waals surface area (Å²) in [5.41, 5.74) is 2.65. The summed E-state index contributed by atoms with van der Waals surface area (Å²) >= 11 is 0. The van der Waals surface area contributed by atoms with Crippen LogP contribution in [0, 0.1) is 6.92 Å². The number of benzene rings is 3. The fourth-order valence-corrected chi connectivity index (χ4v) is 4.33. The van der Waals surface area contributed by atoms with Gasteiger partial charge in [-0.25, -0.2) is 13.2 Å². The fraction of sp³-hybridized carbons (Fsp3) is 0.200. The zero-order chi connectivity index (χ0) is 23.8. The molecule has 0 spiro atoms. The van der Waals surface area contributed by atoms with Crippen LogP contribution < -0.4 is 9.62 Å². The summed E-state index contributed by atoms with van der Waals surface area (Å²) in [7, 11) is -2.44. The molecule has 172 valence electrons. The number of carbonyl (C=O) groups is 2. The van der Waals surface area contributed by atoms with Crippen LogP contribution in [-0.2, 0) is 26.0 Å². The minimum absolute atomic E-state index is 0.0467. The van der Waals surface area contributed by atoms with E-state index in [0.717, 1.165) is 15.4 Å². The fourth-order valence-electron chi connectivity index (χ4n) is 3.09. The van der Waals surface area contributed by atoms with Gasteiger partial charge in [0, 0.05) is 13.6 Å². The predicted molar refractivity (Wildman–Crippen MR) is 127 cm³/mol. The quantitative estimate of drug-likeness (QED) is 0.489. The van der Waals surface area contributed by atoms with E-state index in [9.17, 15) is 18.0 Å². The van der Waals surface area contributed by atoms with Crippen molar-refractivity contribution in [3.8, 4) is 0 Å². The molecule has 0 aliphatic heterocycles. The van der Waals surface area contributed by atoms with Gasteiger partial charge in [-0.05, 0) is 49.2 Å². The molecule has 0 atom stereocenters. The summed E-state index contributed by atoms with van der Waals surface area (Å²) in [5.74, 6) is -1.20. The summed E-state index contributed by atoms with van der Waals surface area (Å²) in [4.78, 5) is 24.3. The molecule has 1 amide bonds. The van der Waals surface area contributed by atoms with Crippen molar-refractivity contribution in [3.05, 3.63) is 95.6 Å². The first-order chi connectivity index (χ1) is 15.8. The molecule has 0 aliphatic carbocycles. The zero-order valence-electron chi connectivity index (χ0n) is 18.5. The number of rotatable bonds is 9. The SMILES string of the molecule is Cc1ccc(N(C)S(=O)(=O)c2cccc(C(=O)OCC(=O)NCCc3ccccc3)c2)cc1. The normalized spacial score (nSPS) is 11.0. The standard InChI is InChI=1S/C25H26N2O5S/c1-19-11-13-22(14-12-19)27(2)33(30,31)23-10-6-9-21(17-23)25(29)32-18-24(28)26-16-15-20-7-4-3-5-8-20/h3-14,17H,15-16,18H2,1-2H3,(H,26,28). The van der Waals surface area contributed by atoms with Crippen LogP contribution in [0.4, 0.5) is 5.69 Å². The van der Waals surface area contributed by atoms with Crippen molar-refractivity contribution in [2.45, 2.75) is 18.2 Å². The van der Waals surface area contributed by atoms with E-state index in [1.807, 2.05) is 49.4 Å². The number of nitrogens with zero attached hydrogens (tertiary/aromatic N) is 1. The van der Waals surface area contributed by atoms with Crippen molar-refractivity contribution in [2.75, 3.05) is 24.5 Å². The van der Waals surface area contributed by atoms with Crippen LogP contribution in [0.1, 0.15) is 21.5 Å². The first-order valence-electron chi connectivity index (χ1n) is 10.4. The summed E-state index contributed by atoms with van der Waals surface area (Å²) < 4.78 is 32.2. The van der Waals surface area contributed by atoms with Crippen LogP contribution in [0.2, 0.25) is 0 Å². The van der Waals surface area contributed by atoms with Crippen molar-refractivity contribution in [2.24, 2.45) is 0 Å². The van der Waals surface area contributed by atoms with E-state index < -0.39 is 28.5 Å². The molecule has 0 aromatic heterocycles. The molecule has 0 heterocycles. The van der Waals surface area contributed by atoms with Crippen molar-refractivity contribution >= 4 is 27.6 Å². The minimum Gasteiger partial charge on any atom is -0.452 e. The van der Waals surface area contributed by atoms with Crippen LogP contribution in [0.15, 0.2) is 83.8 Å². The summed E-state index contributed by atoms with van der Waals surface area (Å²) in [6.45, 7) is 1.88. The van der Waals surface area contributed by atoms with E-state index >= 15 is 0 Å². The Morgan fingerprint density at radius 3 is 2.33 bits per heavy atom. The Balaban J connectivity index is 1.58. The Morgan fingerprint density at radius 1 is 0.939 bits per heavy atom. The second-order valence-electron chi connectivity index (χ2n) is 7.50. The van der Waals surface area contributed by atoms with Gasteiger partial charge in [0.05, 0.1) is 16.1 Å². The number of carbonyl (C=O) groups excluding carboxylic acids is 2. The number of esters is 1. The first-order valence-corrected chi connectivity index (χ1v) is 11.8. The molecule has 7 nitrogen and oxygen atoms in total. The molecule has 0 aliphatic rings. The Kier molecular flexibility index (Phi) is 7.84. The largest absolute Gasteiger partial charge is 0.452 e. The van der Waals surface area contributed by atoms with Gasteiger partial charge < -0.3 is 10.1 Å². The lowest BCUT2D eigenvalue weighted by Gasteiger charge is -2.20. The molecule has 0 saturated heterocycles. The van der Waals surface area contributed by atoms with Crippen LogP contribution in [0.25, 0.3) is 0 Å². The van der Waals surface area contributed by atoms with Gasteiger partial charge in [-0.3, -0.25) is 9.10 Å². The van der Waals surface area contributed by atoms with Gasteiger partial charge in [-0.2, -0.15) is 0 Å². The molecule has 3 rings (SSSR count). The highest BCUT2D eigenvalue weighted by Gasteiger charge is 2.23. The lowest BCUT2D eigenvalue weighted by molar-refractivity contribution is -0.124. The number of aryl methyl sites for hydroxylation is 1. The Bertz CT molecular complexity index is 1210. The highest BCUT2D eigenvalue weighted by atomic mass is 32.2. The molecule has 0 bridgehead atoms. The maximum atomic E-state index is 13.0. The monoisotopic (exact) mass is 466 g/mol. The van der Waals surface area contributed by atoms with E-state index in [2.05, 4.69) is 5.32 Å². The first kappa shape index (κ1) is 24.0. The average molecular weight is 467 g/mol. The van der Waals surface area contributed by atoms with Gasteiger partial charge >= 0.3 is 5.97 Å². The predicted octanol–water partition coefficient (Wildman–Crippen LogP) is 3.34. The molecule has 3 aromatic carbocycles. The van der Waals surface area contributed by atoms with E-state index in [1.165, 1.54) is 31.3 Å². The number of hydrogen-bond acceptors (Lipinski definition) is 5. The molecule has 3 aromatic rings. The van der Waals surface area contributed by atoms with E-state index in [1.54, 1.807) is 12.1 Å². The van der Waals surface area contributed by atoms with Crippen LogP contribution >= 0.6 is 0 Å². The van der Waals surface area contributed by atoms with Crippen molar-refractivity contribution in [3.63, 3.8) is 0 Å². The number of amides is 1. The molecule has 33 heavy (non-hydrogen) atoms. The third kappa shape index (κ3) is 6.43. The molecule has 0 fully saturated rings. The summed E-state index contributed by atoms with van der Waals surface area (Å²) in [5, 5.41) is 2.69. The highest BCUT2D eigenvalue weighted by molar-refractivity contribution is 7.92. The van der Waals surface area contributed by atoms with Gasteiger partial charge in [0.15, 0.2) is 6.61 Å². The Labute approximate surface area is 194 Å². The minimum atomic E-state index is -3.88. The third-order valence-electron chi connectivity index (χ3n) is 5.04.